The van der Waals surface area contributed by atoms with Crippen molar-refractivity contribution in [3.63, 3.8) is 0 Å². The van der Waals surface area contributed by atoms with Gasteiger partial charge in [0, 0.05) is 23.5 Å². The number of imidazole rings is 1. The van der Waals surface area contributed by atoms with Crippen molar-refractivity contribution in [1.82, 2.24) is 14.9 Å². The molecule has 1 saturated carbocycles. The number of rotatable bonds is 4. The van der Waals surface area contributed by atoms with Crippen LogP contribution >= 0.6 is 0 Å². The first-order chi connectivity index (χ1) is 12.1. The maximum absolute atomic E-state index is 13.9. The van der Waals surface area contributed by atoms with Crippen molar-refractivity contribution in [2.24, 2.45) is 5.92 Å². The van der Waals surface area contributed by atoms with Crippen LogP contribution in [0.1, 0.15) is 31.1 Å². The molecule has 0 spiro atoms. The Labute approximate surface area is 143 Å². The summed E-state index contributed by atoms with van der Waals surface area (Å²) in [6.07, 6.45) is 3.44. The predicted molar refractivity (Wildman–Crippen MR) is 86.6 cm³/mol. The molecule has 1 amide bonds. The van der Waals surface area contributed by atoms with E-state index >= 15 is 0 Å². The third-order valence-electron chi connectivity index (χ3n) is 4.96. The lowest BCUT2D eigenvalue weighted by molar-refractivity contribution is -0.497. The summed E-state index contributed by atoms with van der Waals surface area (Å²) in [5, 5.41) is 10.8. The number of nitrogens with one attached hydrogen (secondary N) is 1. The lowest BCUT2D eigenvalue weighted by atomic mass is 10.1. The molecule has 25 heavy (non-hydrogen) atoms. The number of H-pyrrole nitrogens is 1. The van der Waals surface area contributed by atoms with Gasteiger partial charge < -0.3 is 9.88 Å². The Bertz CT molecular complexity index is 837. The fourth-order valence-electron chi connectivity index (χ4n) is 3.53. The zero-order valence-corrected chi connectivity index (χ0v) is 13.4. The summed E-state index contributed by atoms with van der Waals surface area (Å²) >= 11 is 0. The molecule has 1 aliphatic heterocycles. The van der Waals surface area contributed by atoms with Crippen molar-refractivity contribution in [2.75, 3.05) is 6.54 Å². The van der Waals surface area contributed by atoms with Gasteiger partial charge in [-0.15, -0.1) is 0 Å². The van der Waals surface area contributed by atoms with E-state index in [1.54, 1.807) is 29.3 Å². The van der Waals surface area contributed by atoms with E-state index in [1.807, 2.05) is 0 Å². The van der Waals surface area contributed by atoms with Crippen LogP contribution in [-0.2, 0) is 4.79 Å². The number of hydrogen-bond acceptors (Lipinski definition) is 4. The number of benzene rings is 1. The van der Waals surface area contributed by atoms with Gasteiger partial charge in [0.2, 0.25) is 11.9 Å². The van der Waals surface area contributed by atoms with E-state index in [0.29, 0.717) is 30.0 Å². The maximum Gasteiger partial charge on any atom is 0.233 e. The van der Waals surface area contributed by atoms with Gasteiger partial charge in [-0.1, -0.05) is 12.1 Å². The van der Waals surface area contributed by atoms with Gasteiger partial charge in [-0.2, -0.15) is 0 Å². The number of hydrogen-bond donors (Lipinski definition) is 1. The van der Waals surface area contributed by atoms with E-state index in [9.17, 15) is 19.3 Å². The molecule has 1 aromatic carbocycles. The number of nitro groups is 1. The summed E-state index contributed by atoms with van der Waals surface area (Å²) in [6.45, 7) is 0.570. The molecule has 1 aromatic heterocycles. The van der Waals surface area contributed by atoms with Crippen LogP contribution in [0, 0.1) is 21.8 Å². The second kappa shape index (κ2) is 5.94. The highest BCUT2D eigenvalue weighted by Gasteiger charge is 2.55. The summed E-state index contributed by atoms with van der Waals surface area (Å²) < 4.78 is 13.9. The minimum atomic E-state index is -0.751. The van der Waals surface area contributed by atoms with E-state index in [1.165, 1.54) is 6.07 Å². The number of halogens is 1. The molecule has 130 valence electrons. The predicted octanol–water partition coefficient (Wildman–Crippen LogP) is 2.54. The molecule has 0 radical (unpaired) electrons. The fraction of sp³-hybridized carbons (Fsp3) is 0.412. The van der Waals surface area contributed by atoms with E-state index in [0.717, 1.165) is 12.8 Å². The standard InChI is InChI=1S/C17H17FN4O3/c18-12-5-2-1-4-10(12)13-9-19-16(20-13)14-6-3-7-21(14)17(23)11-8-15(11)22(24)25/h1-2,4-5,9,11,14-15H,3,6-8H2,(H,19,20)/t11-,14+,15-/m1/s1. The minimum Gasteiger partial charge on any atom is -0.340 e. The Morgan fingerprint density at radius 2 is 2.20 bits per heavy atom. The SMILES string of the molecule is O=C([C@@H]1C[C@H]1[N+](=O)[O-])N1CCC[C@H]1c1ncc(-c2ccccc2F)[nH]1. The lowest BCUT2D eigenvalue weighted by Crippen LogP contribution is -2.33. The van der Waals surface area contributed by atoms with Crippen molar-refractivity contribution in [2.45, 2.75) is 31.3 Å². The number of carbonyl (C=O) groups excluding carboxylic acids is 1. The number of amides is 1. The van der Waals surface area contributed by atoms with Crippen molar-refractivity contribution >= 4 is 5.91 Å². The molecule has 2 aliphatic rings. The van der Waals surface area contributed by atoms with Gasteiger partial charge in [0.15, 0.2) is 0 Å². The van der Waals surface area contributed by atoms with Gasteiger partial charge in [-0.3, -0.25) is 14.9 Å². The average molecular weight is 344 g/mol. The van der Waals surface area contributed by atoms with Crippen molar-refractivity contribution in [1.29, 1.82) is 0 Å². The van der Waals surface area contributed by atoms with Gasteiger partial charge in [0.25, 0.3) is 0 Å². The smallest absolute Gasteiger partial charge is 0.233 e. The number of likely N-dealkylation sites (tertiary alicyclic amines) is 1. The topological polar surface area (TPSA) is 92.1 Å². The molecule has 7 nitrogen and oxygen atoms in total. The minimum absolute atomic E-state index is 0.173. The van der Waals surface area contributed by atoms with Gasteiger partial charge >= 0.3 is 0 Å². The summed E-state index contributed by atoms with van der Waals surface area (Å²) in [5.74, 6) is -0.434. The fourth-order valence-corrected chi connectivity index (χ4v) is 3.53. The molecule has 2 heterocycles. The summed E-state index contributed by atoms with van der Waals surface area (Å²) in [6, 6.07) is 5.42. The normalized spacial score (nSPS) is 25.2. The lowest BCUT2D eigenvalue weighted by Gasteiger charge is -2.22. The molecule has 2 aromatic rings. The Morgan fingerprint density at radius 1 is 1.40 bits per heavy atom. The van der Waals surface area contributed by atoms with Crippen molar-refractivity contribution < 1.29 is 14.1 Å². The Kier molecular flexibility index (Phi) is 3.74. The zero-order chi connectivity index (χ0) is 17.6. The summed E-state index contributed by atoms with van der Waals surface area (Å²) in [5.41, 5.74) is 0.981. The highest BCUT2D eigenvalue weighted by atomic mass is 19.1. The molecule has 8 heteroatoms. The number of carbonyl (C=O) groups is 1. The van der Waals surface area contributed by atoms with E-state index in [-0.39, 0.29) is 22.7 Å². The quantitative estimate of drug-likeness (QED) is 0.681. The van der Waals surface area contributed by atoms with E-state index < -0.39 is 12.0 Å². The number of nitrogens with zero attached hydrogens (tertiary/aromatic N) is 3. The first-order valence-electron chi connectivity index (χ1n) is 8.30. The third-order valence-corrected chi connectivity index (χ3v) is 4.96. The number of aromatic amines is 1. The Morgan fingerprint density at radius 3 is 2.92 bits per heavy atom. The Balaban J connectivity index is 1.55. The van der Waals surface area contributed by atoms with Gasteiger partial charge in [-0.25, -0.2) is 9.37 Å². The largest absolute Gasteiger partial charge is 0.340 e. The zero-order valence-electron chi connectivity index (χ0n) is 13.4. The molecule has 1 aliphatic carbocycles. The number of aromatic nitrogens is 2. The molecule has 3 atom stereocenters. The maximum atomic E-state index is 13.9. The van der Waals surface area contributed by atoms with Gasteiger partial charge in [0.1, 0.15) is 17.6 Å². The van der Waals surface area contributed by atoms with Crippen LogP contribution in [0.3, 0.4) is 0 Å². The van der Waals surface area contributed by atoms with Crippen LogP contribution in [-0.4, -0.2) is 38.3 Å². The van der Waals surface area contributed by atoms with Crippen molar-refractivity contribution in [3.8, 4) is 11.3 Å². The first-order valence-corrected chi connectivity index (χ1v) is 8.30. The molecular formula is C17H17FN4O3. The molecule has 1 saturated heterocycles. The van der Waals surface area contributed by atoms with E-state index in [2.05, 4.69) is 9.97 Å². The van der Waals surface area contributed by atoms with Crippen LogP contribution in [0.5, 0.6) is 0 Å². The monoisotopic (exact) mass is 344 g/mol. The van der Waals surface area contributed by atoms with Crippen LogP contribution in [0.2, 0.25) is 0 Å². The second-order valence-corrected chi connectivity index (χ2v) is 6.55. The summed E-state index contributed by atoms with van der Waals surface area (Å²) in [4.78, 5) is 32.1. The molecular weight excluding hydrogens is 327 g/mol. The average Bonchev–Trinajstić information content (AvgIpc) is 3.02. The second-order valence-electron chi connectivity index (χ2n) is 6.55. The van der Waals surface area contributed by atoms with Gasteiger partial charge in [0.05, 0.1) is 17.9 Å². The molecule has 1 N–H and O–H groups in total. The molecule has 4 rings (SSSR count). The Hall–Kier alpha value is -2.77. The van der Waals surface area contributed by atoms with Gasteiger partial charge in [-0.05, 0) is 25.0 Å². The van der Waals surface area contributed by atoms with Crippen LogP contribution in [0.15, 0.2) is 30.5 Å². The highest BCUT2D eigenvalue weighted by Crippen LogP contribution is 2.40. The first kappa shape index (κ1) is 15.7. The molecule has 0 bridgehead atoms. The van der Waals surface area contributed by atoms with E-state index in [4.69, 9.17) is 0 Å². The third kappa shape index (κ3) is 2.77. The van der Waals surface area contributed by atoms with Crippen LogP contribution < -0.4 is 0 Å². The van der Waals surface area contributed by atoms with Crippen molar-refractivity contribution in [3.05, 3.63) is 52.2 Å². The molecule has 2 fully saturated rings. The van der Waals surface area contributed by atoms with Crippen LogP contribution in [0.25, 0.3) is 11.3 Å². The highest BCUT2D eigenvalue weighted by molar-refractivity contribution is 5.82. The summed E-state index contributed by atoms with van der Waals surface area (Å²) in [7, 11) is 0. The molecule has 0 unspecified atom stereocenters. The van der Waals surface area contributed by atoms with Crippen LogP contribution in [0.4, 0.5) is 4.39 Å².